The number of halogens is 1. The second-order valence-electron chi connectivity index (χ2n) is 6.64. The molecule has 0 saturated heterocycles. The highest BCUT2D eigenvalue weighted by atomic mass is 35.5. The third kappa shape index (κ3) is 3.44. The van der Waals surface area contributed by atoms with Crippen LogP contribution in [0.2, 0.25) is 5.15 Å². The van der Waals surface area contributed by atoms with Gasteiger partial charge in [0.1, 0.15) is 11.2 Å². The number of hydrogen-bond donors (Lipinski definition) is 1. The van der Waals surface area contributed by atoms with Crippen LogP contribution < -0.4 is 5.56 Å². The Morgan fingerprint density at radius 2 is 1.90 bits per heavy atom. The third-order valence-corrected chi connectivity index (χ3v) is 4.97. The SMILES string of the molecule is Cc1ccc(-n2nc(C)c(/C=C(\C#N)c3nc4ccccc4c(=O)[nH]3)c2Cl)cc1. The van der Waals surface area contributed by atoms with Gasteiger partial charge in [0.2, 0.25) is 0 Å². The number of benzene rings is 2. The van der Waals surface area contributed by atoms with Gasteiger partial charge in [-0.05, 0) is 44.2 Å². The summed E-state index contributed by atoms with van der Waals surface area (Å²) in [4.78, 5) is 19.4. The molecule has 4 rings (SSSR count). The largest absolute Gasteiger partial charge is 0.305 e. The van der Waals surface area contributed by atoms with Crippen molar-refractivity contribution in [3.63, 3.8) is 0 Å². The lowest BCUT2D eigenvalue weighted by molar-refractivity contribution is 0.863. The highest BCUT2D eigenvalue weighted by molar-refractivity contribution is 6.31. The Morgan fingerprint density at radius 3 is 2.62 bits per heavy atom. The number of aromatic nitrogens is 4. The molecule has 0 aliphatic heterocycles. The summed E-state index contributed by atoms with van der Waals surface area (Å²) in [5.74, 6) is 0.190. The Balaban J connectivity index is 1.84. The lowest BCUT2D eigenvalue weighted by Gasteiger charge is -2.04. The average molecular weight is 402 g/mol. The van der Waals surface area contributed by atoms with E-state index in [4.69, 9.17) is 11.6 Å². The Kier molecular flexibility index (Phi) is 4.75. The van der Waals surface area contributed by atoms with Crippen molar-refractivity contribution < 1.29 is 0 Å². The number of nitriles is 1. The number of aromatic amines is 1. The maximum absolute atomic E-state index is 12.3. The van der Waals surface area contributed by atoms with E-state index in [1.54, 1.807) is 35.0 Å². The van der Waals surface area contributed by atoms with E-state index < -0.39 is 0 Å². The van der Waals surface area contributed by atoms with E-state index in [9.17, 15) is 10.1 Å². The summed E-state index contributed by atoms with van der Waals surface area (Å²) in [7, 11) is 0. The highest BCUT2D eigenvalue weighted by Crippen LogP contribution is 2.27. The Bertz CT molecular complexity index is 1360. The van der Waals surface area contributed by atoms with Crippen molar-refractivity contribution in [2.45, 2.75) is 13.8 Å². The summed E-state index contributed by atoms with van der Waals surface area (Å²) in [6.45, 7) is 3.82. The molecule has 1 N–H and O–H groups in total. The van der Waals surface area contributed by atoms with Gasteiger partial charge in [-0.1, -0.05) is 41.4 Å². The number of fused-ring (bicyclic) bond motifs is 1. The smallest absolute Gasteiger partial charge is 0.259 e. The molecule has 29 heavy (non-hydrogen) atoms. The lowest BCUT2D eigenvalue weighted by Crippen LogP contribution is -2.11. The summed E-state index contributed by atoms with van der Waals surface area (Å²) in [5, 5.41) is 15.0. The molecule has 0 aliphatic rings. The Morgan fingerprint density at radius 1 is 1.17 bits per heavy atom. The predicted octanol–water partition coefficient (Wildman–Crippen LogP) is 4.44. The molecular weight excluding hydrogens is 386 g/mol. The van der Waals surface area contributed by atoms with Crippen LogP contribution in [0.1, 0.15) is 22.6 Å². The molecule has 0 bridgehead atoms. The second-order valence-corrected chi connectivity index (χ2v) is 7.00. The van der Waals surface area contributed by atoms with Gasteiger partial charge in [-0.3, -0.25) is 4.79 Å². The normalized spacial score (nSPS) is 11.6. The molecule has 0 spiro atoms. The van der Waals surface area contributed by atoms with Gasteiger partial charge in [-0.15, -0.1) is 0 Å². The summed E-state index contributed by atoms with van der Waals surface area (Å²) >= 11 is 6.57. The first kappa shape index (κ1) is 18.7. The quantitative estimate of drug-likeness (QED) is 0.514. The summed E-state index contributed by atoms with van der Waals surface area (Å²) in [5.41, 5.74) is 3.62. The number of H-pyrrole nitrogens is 1. The van der Waals surface area contributed by atoms with E-state index in [1.807, 2.05) is 38.1 Å². The van der Waals surface area contributed by atoms with E-state index in [-0.39, 0.29) is 17.0 Å². The molecule has 4 aromatic rings. The third-order valence-electron chi connectivity index (χ3n) is 4.60. The van der Waals surface area contributed by atoms with Crippen LogP contribution in [-0.4, -0.2) is 19.7 Å². The van der Waals surface area contributed by atoms with Crippen molar-refractivity contribution in [3.8, 4) is 11.8 Å². The second kappa shape index (κ2) is 7.38. The minimum absolute atomic E-state index is 0.190. The van der Waals surface area contributed by atoms with Gasteiger partial charge in [0, 0.05) is 5.56 Å². The Labute approximate surface area is 171 Å². The molecule has 0 fully saturated rings. The van der Waals surface area contributed by atoms with Crippen LogP contribution in [0.15, 0.2) is 53.3 Å². The van der Waals surface area contributed by atoms with Crippen molar-refractivity contribution in [3.05, 3.63) is 86.7 Å². The van der Waals surface area contributed by atoms with Gasteiger partial charge in [0.05, 0.1) is 27.9 Å². The first-order valence-corrected chi connectivity index (χ1v) is 9.29. The average Bonchev–Trinajstić information content (AvgIpc) is 3.00. The van der Waals surface area contributed by atoms with Gasteiger partial charge < -0.3 is 4.98 Å². The number of nitrogens with zero attached hydrogens (tertiary/aromatic N) is 4. The lowest BCUT2D eigenvalue weighted by atomic mass is 10.1. The number of aryl methyl sites for hydroxylation is 2. The maximum Gasteiger partial charge on any atom is 0.259 e. The molecule has 0 aliphatic carbocycles. The number of nitrogens with one attached hydrogen (secondary N) is 1. The van der Waals surface area contributed by atoms with Crippen molar-refractivity contribution in [2.75, 3.05) is 0 Å². The molecule has 142 valence electrons. The monoisotopic (exact) mass is 401 g/mol. The van der Waals surface area contributed by atoms with E-state index in [1.165, 1.54) is 0 Å². The van der Waals surface area contributed by atoms with Crippen LogP contribution in [0.3, 0.4) is 0 Å². The van der Waals surface area contributed by atoms with Crippen LogP contribution in [0.25, 0.3) is 28.2 Å². The molecule has 2 aromatic carbocycles. The van der Waals surface area contributed by atoms with E-state index in [2.05, 4.69) is 21.1 Å². The number of rotatable bonds is 3. The van der Waals surface area contributed by atoms with E-state index in [0.717, 1.165) is 11.3 Å². The molecule has 0 radical (unpaired) electrons. The zero-order valence-corrected chi connectivity index (χ0v) is 16.5. The first-order valence-electron chi connectivity index (χ1n) is 8.91. The van der Waals surface area contributed by atoms with E-state index >= 15 is 0 Å². The molecule has 0 atom stereocenters. The predicted molar refractivity (Wildman–Crippen MR) is 114 cm³/mol. The fourth-order valence-electron chi connectivity index (χ4n) is 3.04. The van der Waals surface area contributed by atoms with E-state index in [0.29, 0.717) is 27.3 Å². The van der Waals surface area contributed by atoms with Crippen LogP contribution in [-0.2, 0) is 0 Å². The van der Waals surface area contributed by atoms with Crippen LogP contribution in [0, 0.1) is 25.2 Å². The number of hydrogen-bond acceptors (Lipinski definition) is 4. The molecule has 0 saturated carbocycles. The number of para-hydroxylation sites is 1. The summed E-state index contributed by atoms with van der Waals surface area (Å²) < 4.78 is 1.62. The summed E-state index contributed by atoms with van der Waals surface area (Å²) in [6, 6.07) is 16.9. The van der Waals surface area contributed by atoms with Crippen molar-refractivity contribution >= 4 is 34.2 Å². The molecule has 2 aromatic heterocycles. The van der Waals surface area contributed by atoms with Crippen LogP contribution in [0.5, 0.6) is 0 Å². The van der Waals surface area contributed by atoms with Gasteiger partial charge in [-0.25, -0.2) is 9.67 Å². The van der Waals surface area contributed by atoms with Gasteiger partial charge >= 0.3 is 0 Å². The minimum atomic E-state index is -0.301. The fourth-order valence-corrected chi connectivity index (χ4v) is 3.37. The molecule has 0 unspecified atom stereocenters. The molecule has 2 heterocycles. The minimum Gasteiger partial charge on any atom is -0.305 e. The fraction of sp³-hybridized carbons (Fsp3) is 0.0909. The zero-order chi connectivity index (χ0) is 20.5. The van der Waals surface area contributed by atoms with Crippen molar-refractivity contribution in [1.82, 2.24) is 19.7 Å². The topological polar surface area (TPSA) is 87.4 Å². The Hall–Kier alpha value is -3.69. The van der Waals surface area contributed by atoms with Gasteiger partial charge in [0.15, 0.2) is 5.82 Å². The molecule has 7 heteroatoms. The molecule has 6 nitrogen and oxygen atoms in total. The zero-order valence-electron chi connectivity index (χ0n) is 15.8. The van der Waals surface area contributed by atoms with Gasteiger partial charge in [0.25, 0.3) is 5.56 Å². The van der Waals surface area contributed by atoms with Crippen molar-refractivity contribution in [2.24, 2.45) is 0 Å². The highest BCUT2D eigenvalue weighted by Gasteiger charge is 2.16. The molecule has 0 amide bonds. The maximum atomic E-state index is 12.3. The first-order chi connectivity index (χ1) is 14.0. The van der Waals surface area contributed by atoms with Crippen LogP contribution in [0.4, 0.5) is 0 Å². The van der Waals surface area contributed by atoms with Crippen LogP contribution >= 0.6 is 11.6 Å². The summed E-state index contributed by atoms with van der Waals surface area (Å²) in [6.07, 6.45) is 1.60. The van der Waals surface area contributed by atoms with Crippen molar-refractivity contribution in [1.29, 1.82) is 5.26 Å². The molecular formula is C22H16ClN5O. The standard InChI is InChI=1S/C22H16ClN5O/c1-13-7-9-16(10-8-13)28-20(23)18(14(2)27-28)11-15(12-24)21-25-19-6-4-3-5-17(19)22(29)26-21/h3-11H,1-2H3,(H,25,26,29)/b15-11+. The number of allylic oxidation sites excluding steroid dienone is 1. The van der Waals surface area contributed by atoms with Gasteiger partial charge in [-0.2, -0.15) is 10.4 Å².